The van der Waals surface area contributed by atoms with Crippen molar-refractivity contribution in [3.05, 3.63) is 65.0 Å². The highest BCUT2D eigenvalue weighted by molar-refractivity contribution is 5.93. The molecule has 1 aromatic carbocycles. The molecule has 0 aliphatic carbocycles. The average Bonchev–Trinajstić information content (AvgIpc) is 2.45. The molecule has 2 N–H and O–H groups in total. The minimum Gasteiger partial charge on any atom is -0.387 e. The Labute approximate surface area is 118 Å². The standard InChI is InChI=1S/C16H18N2O2/c1-11-5-3-4-6-14(11)15(19)10-18-16(20)13-8-7-12(2)17-9-13/h3-9,15,19H,10H2,1-2H3,(H,18,20). The van der Waals surface area contributed by atoms with E-state index in [0.717, 1.165) is 16.8 Å². The first-order chi connectivity index (χ1) is 9.58. The fourth-order valence-electron chi connectivity index (χ4n) is 1.96. The number of hydrogen-bond donors (Lipinski definition) is 2. The number of aromatic nitrogens is 1. The lowest BCUT2D eigenvalue weighted by molar-refractivity contribution is 0.0915. The van der Waals surface area contributed by atoms with Crippen molar-refractivity contribution in [3.63, 3.8) is 0 Å². The molecule has 0 saturated heterocycles. The lowest BCUT2D eigenvalue weighted by Gasteiger charge is -2.14. The van der Waals surface area contributed by atoms with Gasteiger partial charge in [0, 0.05) is 18.4 Å². The number of carbonyl (C=O) groups excluding carboxylic acids is 1. The van der Waals surface area contributed by atoms with Gasteiger partial charge in [0.15, 0.2) is 0 Å². The number of carbonyl (C=O) groups is 1. The van der Waals surface area contributed by atoms with Gasteiger partial charge in [0.05, 0.1) is 11.7 Å². The molecule has 0 fully saturated rings. The quantitative estimate of drug-likeness (QED) is 0.895. The number of aliphatic hydroxyl groups is 1. The third-order valence-corrected chi connectivity index (χ3v) is 3.18. The van der Waals surface area contributed by atoms with Crippen molar-refractivity contribution in [2.24, 2.45) is 0 Å². The Morgan fingerprint density at radius 3 is 2.65 bits per heavy atom. The van der Waals surface area contributed by atoms with Gasteiger partial charge in [-0.25, -0.2) is 0 Å². The van der Waals surface area contributed by atoms with Crippen LogP contribution in [0.5, 0.6) is 0 Å². The predicted octanol–water partition coefficient (Wildman–Crippen LogP) is 2.16. The maximum Gasteiger partial charge on any atom is 0.252 e. The number of aryl methyl sites for hydroxylation is 2. The van der Waals surface area contributed by atoms with Crippen LogP contribution >= 0.6 is 0 Å². The summed E-state index contributed by atoms with van der Waals surface area (Å²) in [5.74, 6) is -0.231. The molecule has 0 saturated carbocycles. The van der Waals surface area contributed by atoms with Gasteiger partial charge in [-0.05, 0) is 37.1 Å². The van der Waals surface area contributed by atoms with Crippen molar-refractivity contribution >= 4 is 5.91 Å². The third kappa shape index (κ3) is 3.42. The van der Waals surface area contributed by atoms with Gasteiger partial charge in [-0.15, -0.1) is 0 Å². The smallest absolute Gasteiger partial charge is 0.252 e. The van der Waals surface area contributed by atoms with E-state index in [4.69, 9.17) is 0 Å². The van der Waals surface area contributed by atoms with Crippen LogP contribution in [0.4, 0.5) is 0 Å². The van der Waals surface area contributed by atoms with E-state index in [1.165, 1.54) is 6.20 Å². The summed E-state index contributed by atoms with van der Waals surface area (Å²) in [6.45, 7) is 3.98. The molecule has 0 aliphatic heterocycles. The summed E-state index contributed by atoms with van der Waals surface area (Å²) >= 11 is 0. The molecule has 104 valence electrons. The summed E-state index contributed by atoms with van der Waals surface area (Å²) in [7, 11) is 0. The Bertz CT molecular complexity index is 594. The van der Waals surface area contributed by atoms with Gasteiger partial charge in [-0.1, -0.05) is 24.3 Å². The number of aliphatic hydroxyl groups excluding tert-OH is 1. The molecule has 2 rings (SSSR count). The van der Waals surface area contributed by atoms with Crippen LogP contribution in [0.25, 0.3) is 0 Å². The van der Waals surface area contributed by atoms with Gasteiger partial charge < -0.3 is 10.4 Å². The van der Waals surface area contributed by atoms with Gasteiger partial charge in [-0.3, -0.25) is 9.78 Å². The van der Waals surface area contributed by atoms with Crippen molar-refractivity contribution in [1.82, 2.24) is 10.3 Å². The normalized spacial score (nSPS) is 11.9. The summed E-state index contributed by atoms with van der Waals surface area (Å²) in [6.07, 6.45) is 0.823. The van der Waals surface area contributed by atoms with E-state index >= 15 is 0 Å². The number of pyridine rings is 1. The molecule has 0 spiro atoms. The molecule has 1 aromatic heterocycles. The van der Waals surface area contributed by atoms with Gasteiger partial charge >= 0.3 is 0 Å². The summed E-state index contributed by atoms with van der Waals surface area (Å²) in [4.78, 5) is 16.0. The van der Waals surface area contributed by atoms with Crippen LogP contribution in [-0.2, 0) is 0 Å². The number of amides is 1. The van der Waals surface area contributed by atoms with E-state index in [9.17, 15) is 9.90 Å². The Morgan fingerprint density at radius 2 is 2.00 bits per heavy atom. The molecular weight excluding hydrogens is 252 g/mol. The van der Waals surface area contributed by atoms with Crippen LogP contribution in [0, 0.1) is 13.8 Å². The van der Waals surface area contributed by atoms with E-state index in [1.54, 1.807) is 12.1 Å². The molecule has 0 bridgehead atoms. The van der Waals surface area contributed by atoms with Crippen molar-refractivity contribution in [3.8, 4) is 0 Å². The summed E-state index contributed by atoms with van der Waals surface area (Å²) in [5, 5.41) is 12.8. The predicted molar refractivity (Wildman–Crippen MR) is 77.4 cm³/mol. The largest absolute Gasteiger partial charge is 0.387 e. The molecule has 0 radical (unpaired) electrons. The van der Waals surface area contributed by atoms with E-state index in [1.807, 2.05) is 38.1 Å². The molecule has 4 nitrogen and oxygen atoms in total. The van der Waals surface area contributed by atoms with Crippen molar-refractivity contribution in [2.45, 2.75) is 20.0 Å². The van der Waals surface area contributed by atoms with E-state index in [-0.39, 0.29) is 12.5 Å². The minimum absolute atomic E-state index is 0.178. The maximum atomic E-state index is 11.9. The van der Waals surface area contributed by atoms with Gasteiger partial charge in [0.2, 0.25) is 0 Å². The Hall–Kier alpha value is -2.20. The highest BCUT2D eigenvalue weighted by Crippen LogP contribution is 2.16. The maximum absolute atomic E-state index is 11.9. The fourth-order valence-corrected chi connectivity index (χ4v) is 1.96. The van der Waals surface area contributed by atoms with E-state index < -0.39 is 6.10 Å². The third-order valence-electron chi connectivity index (χ3n) is 3.18. The van der Waals surface area contributed by atoms with Crippen molar-refractivity contribution < 1.29 is 9.90 Å². The van der Waals surface area contributed by atoms with Crippen molar-refractivity contribution in [2.75, 3.05) is 6.54 Å². The highest BCUT2D eigenvalue weighted by Gasteiger charge is 2.12. The first-order valence-electron chi connectivity index (χ1n) is 6.52. The summed E-state index contributed by atoms with van der Waals surface area (Å²) < 4.78 is 0. The Balaban J connectivity index is 1.97. The zero-order valence-electron chi connectivity index (χ0n) is 11.6. The van der Waals surface area contributed by atoms with Gasteiger partial charge in [-0.2, -0.15) is 0 Å². The molecule has 0 aliphatic rings. The average molecular weight is 270 g/mol. The lowest BCUT2D eigenvalue weighted by Crippen LogP contribution is -2.28. The van der Waals surface area contributed by atoms with Gasteiger partial charge in [0.1, 0.15) is 0 Å². The van der Waals surface area contributed by atoms with Gasteiger partial charge in [0.25, 0.3) is 5.91 Å². The van der Waals surface area contributed by atoms with Crippen LogP contribution in [0.2, 0.25) is 0 Å². The highest BCUT2D eigenvalue weighted by atomic mass is 16.3. The van der Waals surface area contributed by atoms with Crippen LogP contribution in [0.3, 0.4) is 0 Å². The molecule has 1 atom stereocenters. The van der Waals surface area contributed by atoms with Crippen LogP contribution in [-0.4, -0.2) is 22.5 Å². The zero-order valence-corrected chi connectivity index (χ0v) is 11.6. The monoisotopic (exact) mass is 270 g/mol. The topological polar surface area (TPSA) is 62.2 Å². The molecule has 1 heterocycles. The lowest BCUT2D eigenvalue weighted by atomic mass is 10.0. The molecule has 4 heteroatoms. The van der Waals surface area contributed by atoms with Crippen LogP contribution in [0.1, 0.15) is 33.3 Å². The number of benzene rings is 1. The Kier molecular flexibility index (Phi) is 4.48. The second-order valence-electron chi connectivity index (χ2n) is 4.77. The molecule has 1 unspecified atom stereocenters. The number of hydrogen-bond acceptors (Lipinski definition) is 3. The zero-order chi connectivity index (χ0) is 14.5. The first-order valence-corrected chi connectivity index (χ1v) is 6.52. The van der Waals surface area contributed by atoms with Crippen LogP contribution < -0.4 is 5.32 Å². The summed E-state index contributed by atoms with van der Waals surface area (Å²) in [6, 6.07) is 11.1. The molecule has 20 heavy (non-hydrogen) atoms. The minimum atomic E-state index is -0.710. The molecular formula is C16H18N2O2. The molecule has 1 amide bonds. The van der Waals surface area contributed by atoms with E-state index in [2.05, 4.69) is 10.3 Å². The number of rotatable bonds is 4. The number of nitrogens with one attached hydrogen (secondary N) is 1. The number of nitrogens with zero attached hydrogens (tertiary/aromatic N) is 1. The Morgan fingerprint density at radius 1 is 1.25 bits per heavy atom. The van der Waals surface area contributed by atoms with E-state index in [0.29, 0.717) is 5.56 Å². The second kappa shape index (κ2) is 6.30. The first kappa shape index (κ1) is 14.2. The molecule has 2 aromatic rings. The SMILES string of the molecule is Cc1ccc(C(=O)NCC(O)c2ccccc2C)cn1. The second-order valence-corrected chi connectivity index (χ2v) is 4.77. The fraction of sp³-hybridized carbons (Fsp3) is 0.250. The van der Waals surface area contributed by atoms with Crippen molar-refractivity contribution in [1.29, 1.82) is 0 Å². The summed E-state index contributed by atoms with van der Waals surface area (Å²) in [5.41, 5.74) is 3.19. The van der Waals surface area contributed by atoms with Crippen LogP contribution in [0.15, 0.2) is 42.6 Å².